The molecular formula is C26H29N3O6. The Hall–Kier alpha value is -3.37. The molecule has 0 amide bonds. The summed E-state index contributed by atoms with van der Waals surface area (Å²) in [5.74, 6) is 0.556. The van der Waals surface area contributed by atoms with Gasteiger partial charge in [-0.25, -0.2) is 4.98 Å². The zero-order valence-corrected chi connectivity index (χ0v) is 19.5. The van der Waals surface area contributed by atoms with Crippen molar-refractivity contribution in [2.24, 2.45) is 0 Å². The van der Waals surface area contributed by atoms with Crippen molar-refractivity contribution in [2.45, 2.75) is 0 Å². The van der Waals surface area contributed by atoms with Crippen molar-refractivity contribution >= 4 is 28.1 Å². The van der Waals surface area contributed by atoms with E-state index in [0.717, 1.165) is 32.9 Å². The van der Waals surface area contributed by atoms with Crippen LogP contribution in [-0.4, -0.2) is 80.7 Å². The van der Waals surface area contributed by atoms with E-state index in [1.807, 2.05) is 30.6 Å². The van der Waals surface area contributed by atoms with Gasteiger partial charge in [0.25, 0.3) is 0 Å². The van der Waals surface area contributed by atoms with E-state index in [1.165, 1.54) is 0 Å². The van der Waals surface area contributed by atoms with E-state index >= 15 is 0 Å². The quantitative estimate of drug-likeness (QED) is 0.193. The van der Waals surface area contributed by atoms with Gasteiger partial charge < -0.3 is 33.5 Å². The fraction of sp³-hybridized carbons (Fsp3) is 0.346. The van der Waals surface area contributed by atoms with Crippen molar-refractivity contribution in [3.8, 4) is 17.0 Å². The third-order valence-electron chi connectivity index (χ3n) is 5.25. The number of ether oxygens (including phenoxy) is 5. The molecule has 0 bridgehead atoms. The van der Waals surface area contributed by atoms with Crippen LogP contribution in [0.3, 0.4) is 0 Å². The maximum atomic E-state index is 10.1. The summed E-state index contributed by atoms with van der Waals surface area (Å²) in [5.41, 5.74) is 4.24. The number of aromatic amines is 1. The molecule has 0 aliphatic carbocycles. The lowest BCUT2D eigenvalue weighted by Crippen LogP contribution is -2.14. The monoisotopic (exact) mass is 479 g/mol. The summed E-state index contributed by atoms with van der Waals surface area (Å²) in [7, 11) is 0. The second kappa shape index (κ2) is 13.5. The molecule has 3 heterocycles. The van der Waals surface area contributed by atoms with Crippen LogP contribution in [0.2, 0.25) is 0 Å². The van der Waals surface area contributed by atoms with Crippen LogP contribution in [0.1, 0.15) is 0 Å². The second-order valence-electron chi connectivity index (χ2n) is 7.62. The van der Waals surface area contributed by atoms with Gasteiger partial charge >= 0.3 is 0 Å². The first-order valence-electron chi connectivity index (χ1n) is 11.5. The minimum Gasteiger partial charge on any atom is -0.475 e. The van der Waals surface area contributed by atoms with Crippen molar-refractivity contribution in [2.75, 3.05) is 59.5 Å². The molecule has 3 aromatic heterocycles. The third kappa shape index (κ3) is 7.30. The first kappa shape index (κ1) is 24.7. The molecule has 0 spiro atoms. The van der Waals surface area contributed by atoms with Crippen molar-refractivity contribution < 1.29 is 28.5 Å². The predicted molar refractivity (Wildman–Crippen MR) is 132 cm³/mol. The average Bonchev–Trinajstić information content (AvgIpc) is 3.27. The van der Waals surface area contributed by atoms with Gasteiger partial charge in [0.1, 0.15) is 19.5 Å². The summed E-state index contributed by atoms with van der Waals surface area (Å²) >= 11 is 0. The molecule has 4 aromatic rings. The highest BCUT2D eigenvalue weighted by Crippen LogP contribution is 2.29. The van der Waals surface area contributed by atoms with Crippen molar-refractivity contribution in [3.63, 3.8) is 0 Å². The molecule has 0 atom stereocenters. The largest absolute Gasteiger partial charge is 0.475 e. The molecule has 1 N–H and O–H groups in total. The van der Waals surface area contributed by atoms with Crippen LogP contribution in [0.15, 0.2) is 55.0 Å². The standard InChI is InChI=1S/C26H29N3O6/c30-7-8-31-9-10-32-11-12-33-13-14-34-15-16-35-26-4-2-21(18-28-26)20-1-3-22-23-19-27-6-5-24(23)29-25(22)17-20/h1-7,17-19,29H,8-16H2. The van der Waals surface area contributed by atoms with Gasteiger partial charge in [-0.3, -0.25) is 4.98 Å². The van der Waals surface area contributed by atoms with Crippen molar-refractivity contribution in [1.82, 2.24) is 15.0 Å². The predicted octanol–water partition coefficient (Wildman–Crippen LogP) is 3.42. The summed E-state index contributed by atoms with van der Waals surface area (Å²) in [4.78, 5) is 22.2. The molecule has 9 nitrogen and oxygen atoms in total. The van der Waals surface area contributed by atoms with Crippen LogP contribution < -0.4 is 4.74 Å². The van der Waals surface area contributed by atoms with E-state index in [9.17, 15) is 4.79 Å². The Labute approximate surface area is 203 Å². The van der Waals surface area contributed by atoms with E-state index in [0.29, 0.717) is 65.0 Å². The minimum atomic E-state index is 0.101. The minimum absolute atomic E-state index is 0.101. The number of nitrogens with zero attached hydrogens (tertiary/aromatic N) is 2. The molecule has 0 fully saturated rings. The first-order valence-corrected chi connectivity index (χ1v) is 11.5. The Morgan fingerprint density at radius 2 is 1.43 bits per heavy atom. The highest BCUT2D eigenvalue weighted by atomic mass is 16.6. The lowest BCUT2D eigenvalue weighted by Gasteiger charge is -2.08. The van der Waals surface area contributed by atoms with Gasteiger partial charge in [0, 0.05) is 52.0 Å². The van der Waals surface area contributed by atoms with E-state index in [1.54, 1.807) is 6.20 Å². The van der Waals surface area contributed by atoms with E-state index in [4.69, 9.17) is 23.7 Å². The maximum absolute atomic E-state index is 10.1. The molecule has 0 unspecified atom stereocenters. The molecule has 184 valence electrons. The van der Waals surface area contributed by atoms with Crippen LogP contribution in [0.4, 0.5) is 0 Å². The van der Waals surface area contributed by atoms with Crippen LogP contribution >= 0.6 is 0 Å². The number of hydrogen-bond donors (Lipinski definition) is 1. The molecule has 0 radical (unpaired) electrons. The number of pyridine rings is 2. The normalized spacial score (nSPS) is 11.3. The number of carbonyl (C=O) groups excluding carboxylic acids is 1. The van der Waals surface area contributed by atoms with Crippen LogP contribution in [-0.2, 0) is 23.7 Å². The number of benzene rings is 1. The number of fused-ring (bicyclic) bond motifs is 3. The molecule has 0 saturated carbocycles. The smallest absolute Gasteiger partial charge is 0.213 e. The van der Waals surface area contributed by atoms with Gasteiger partial charge in [-0.2, -0.15) is 0 Å². The number of rotatable bonds is 16. The molecule has 0 saturated heterocycles. The Bertz CT molecular complexity index is 1190. The molecule has 0 aliphatic heterocycles. The Balaban J connectivity index is 1.11. The van der Waals surface area contributed by atoms with Crippen LogP contribution in [0.5, 0.6) is 5.88 Å². The Morgan fingerprint density at radius 1 is 0.714 bits per heavy atom. The highest BCUT2D eigenvalue weighted by molar-refractivity contribution is 6.07. The molecule has 1 aromatic carbocycles. The average molecular weight is 480 g/mol. The molecule has 0 aliphatic rings. The van der Waals surface area contributed by atoms with Gasteiger partial charge in [-0.1, -0.05) is 12.1 Å². The zero-order chi connectivity index (χ0) is 24.1. The zero-order valence-electron chi connectivity index (χ0n) is 19.5. The number of hydrogen-bond acceptors (Lipinski definition) is 8. The number of aldehydes is 1. The summed E-state index contributed by atoms with van der Waals surface area (Å²) in [6.07, 6.45) is 6.20. The number of carbonyl (C=O) groups is 1. The fourth-order valence-electron chi connectivity index (χ4n) is 3.56. The molecule has 9 heteroatoms. The van der Waals surface area contributed by atoms with E-state index < -0.39 is 0 Å². The fourth-order valence-corrected chi connectivity index (χ4v) is 3.56. The number of nitrogens with one attached hydrogen (secondary N) is 1. The Morgan fingerprint density at radius 3 is 2.14 bits per heavy atom. The summed E-state index contributed by atoms with van der Waals surface area (Å²) in [6.45, 7) is 3.71. The molecule has 35 heavy (non-hydrogen) atoms. The van der Waals surface area contributed by atoms with Crippen molar-refractivity contribution in [3.05, 3.63) is 55.0 Å². The van der Waals surface area contributed by atoms with Gasteiger partial charge in [-0.05, 0) is 23.8 Å². The Kier molecular flexibility index (Phi) is 9.55. The lowest BCUT2D eigenvalue weighted by molar-refractivity contribution is -0.112. The number of H-pyrrole nitrogens is 1. The third-order valence-corrected chi connectivity index (χ3v) is 5.25. The SMILES string of the molecule is O=CCOCCOCCOCCOCCOc1ccc(-c2ccc3c(c2)[nH]c2ccncc23)cn1. The van der Waals surface area contributed by atoms with Gasteiger partial charge in [-0.15, -0.1) is 0 Å². The topological polar surface area (TPSA) is 105 Å². The highest BCUT2D eigenvalue weighted by Gasteiger charge is 2.07. The molecule has 4 rings (SSSR count). The maximum Gasteiger partial charge on any atom is 0.213 e. The van der Waals surface area contributed by atoms with Gasteiger partial charge in [0.05, 0.1) is 46.2 Å². The van der Waals surface area contributed by atoms with E-state index in [-0.39, 0.29) is 6.61 Å². The second-order valence-corrected chi connectivity index (χ2v) is 7.62. The summed E-state index contributed by atoms with van der Waals surface area (Å²) in [6, 6.07) is 12.2. The van der Waals surface area contributed by atoms with Crippen molar-refractivity contribution in [1.29, 1.82) is 0 Å². The first-order chi connectivity index (χ1) is 17.3. The van der Waals surface area contributed by atoms with Crippen LogP contribution in [0, 0.1) is 0 Å². The van der Waals surface area contributed by atoms with Crippen LogP contribution in [0.25, 0.3) is 32.9 Å². The molecular weight excluding hydrogens is 450 g/mol. The summed E-state index contributed by atoms with van der Waals surface area (Å²) < 4.78 is 26.9. The van der Waals surface area contributed by atoms with E-state index in [2.05, 4.69) is 33.2 Å². The van der Waals surface area contributed by atoms with Gasteiger partial charge in [0.2, 0.25) is 5.88 Å². The lowest BCUT2D eigenvalue weighted by atomic mass is 10.1. The summed E-state index contributed by atoms with van der Waals surface area (Å²) in [5, 5.41) is 2.27. The van der Waals surface area contributed by atoms with Gasteiger partial charge in [0.15, 0.2) is 0 Å². The number of aromatic nitrogens is 3.